The van der Waals surface area contributed by atoms with Crippen molar-refractivity contribution in [3.63, 3.8) is 0 Å². The molecule has 5 heteroatoms. The number of carbonyl (C=O) groups is 1. The van der Waals surface area contributed by atoms with Crippen LogP contribution in [0.5, 0.6) is 0 Å². The van der Waals surface area contributed by atoms with E-state index in [-0.39, 0.29) is 5.91 Å². The molecular formula is C19H21ClN2OS. The van der Waals surface area contributed by atoms with Crippen molar-refractivity contribution in [1.82, 2.24) is 10.6 Å². The average molecular weight is 361 g/mol. The molecule has 1 aliphatic rings. The summed E-state index contributed by atoms with van der Waals surface area (Å²) in [7, 11) is 0. The number of thioether (sulfide) groups is 1. The van der Waals surface area contributed by atoms with Crippen LogP contribution < -0.4 is 10.6 Å². The molecule has 0 unspecified atom stereocenters. The first-order valence-electron chi connectivity index (χ1n) is 8.17. The van der Waals surface area contributed by atoms with E-state index >= 15 is 0 Å². The van der Waals surface area contributed by atoms with Gasteiger partial charge in [-0.2, -0.15) is 0 Å². The van der Waals surface area contributed by atoms with E-state index in [0.29, 0.717) is 13.0 Å². The highest BCUT2D eigenvalue weighted by Gasteiger charge is 2.10. The van der Waals surface area contributed by atoms with Crippen LogP contribution >= 0.6 is 23.4 Å². The largest absolute Gasteiger partial charge is 0.352 e. The molecule has 1 heterocycles. The van der Waals surface area contributed by atoms with Gasteiger partial charge >= 0.3 is 0 Å². The van der Waals surface area contributed by atoms with Gasteiger partial charge in [-0.3, -0.25) is 4.79 Å². The maximum atomic E-state index is 12.0. The third kappa shape index (κ3) is 5.00. The predicted octanol–water partition coefficient (Wildman–Crippen LogP) is 4.13. The fourth-order valence-electron chi connectivity index (χ4n) is 2.70. The fourth-order valence-corrected chi connectivity index (χ4v) is 3.68. The molecule has 0 aromatic heterocycles. The molecule has 3 rings (SSSR count). The third-order valence-corrected chi connectivity index (χ3v) is 5.37. The van der Waals surface area contributed by atoms with E-state index in [9.17, 15) is 4.79 Å². The Kier molecular flexibility index (Phi) is 6.18. The first-order valence-corrected chi connectivity index (χ1v) is 9.53. The number of benzene rings is 2. The van der Waals surface area contributed by atoms with E-state index in [2.05, 4.69) is 28.8 Å². The highest BCUT2D eigenvalue weighted by Crippen LogP contribution is 2.21. The molecule has 1 aliphatic heterocycles. The second kappa shape index (κ2) is 8.56. The molecule has 2 N–H and O–H groups in total. The molecule has 0 atom stereocenters. The minimum atomic E-state index is 0.116. The maximum absolute atomic E-state index is 12.0. The third-order valence-electron chi connectivity index (χ3n) is 4.02. The van der Waals surface area contributed by atoms with Gasteiger partial charge < -0.3 is 10.6 Å². The van der Waals surface area contributed by atoms with Crippen LogP contribution in [0.15, 0.2) is 47.4 Å². The van der Waals surface area contributed by atoms with Crippen LogP contribution in [-0.2, 0) is 24.4 Å². The second-order valence-corrected chi connectivity index (χ2v) is 7.49. The molecule has 2 aromatic rings. The van der Waals surface area contributed by atoms with E-state index in [1.54, 1.807) is 11.8 Å². The van der Waals surface area contributed by atoms with Crippen LogP contribution in [0.2, 0.25) is 5.02 Å². The van der Waals surface area contributed by atoms with Crippen molar-refractivity contribution in [2.24, 2.45) is 0 Å². The zero-order valence-corrected chi connectivity index (χ0v) is 15.1. The molecule has 0 saturated heterocycles. The van der Waals surface area contributed by atoms with Crippen molar-refractivity contribution in [3.05, 3.63) is 64.2 Å². The van der Waals surface area contributed by atoms with Crippen LogP contribution in [0.1, 0.15) is 29.5 Å². The zero-order valence-electron chi connectivity index (χ0n) is 13.5. The Bertz CT molecular complexity index is 703. The molecule has 24 heavy (non-hydrogen) atoms. The van der Waals surface area contributed by atoms with E-state index in [1.807, 2.05) is 24.3 Å². The number of nitrogens with one attached hydrogen (secondary N) is 2. The molecule has 3 nitrogen and oxygen atoms in total. The highest BCUT2D eigenvalue weighted by atomic mass is 35.5. The minimum absolute atomic E-state index is 0.116. The fraction of sp³-hybridized carbons (Fsp3) is 0.316. The van der Waals surface area contributed by atoms with Gasteiger partial charge in [0.2, 0.25) is 5.91 Å². The molecule has 0 spiro atoms. The Morgan fingerprint density at radius 1 is 1.12 bits per heavy atom. The molecule has 0 aliphatic carbocycles. The van der Waals surface area contributed by atoms with Crippen LogP contribution in [0.3, 0.4) is 0 Å². The number of fused-ring (bicyclic) bond motifs is 1. The summed E-state index contributed by atoms with van der Waals surface area (Å²) in [4.78, 5) is 13.1. The lowest BCUT2D eigenvalue weighted by Crippen LogP contribution is -2.22. The van der Waals surface area contributed by atoms with Crippen molar-refractivity contribution in [2.75, 3.05) is 5.75 Å². The predicted molar refractivity (Wildman–Crippen MR) is 100 cm³/mol. The molecule has 2 aromatic carbocycles. The van der Waals surface area contributed by atoms with E-state index < -0.39 is 0 Å². The van der Waals surface area contributed by atoms with Crippen molar-refractivity contribution >= 4 is 29.3 Å². The van der Waals surface area contributed by atoms with Crippen molar-refractivity contribution in [3.8, 4) is 0 Å². The number of amides is 1. The van der Waals surface area contributed by atoms with Gasteiger partial charge in [-0.25, -0.2) is 0 Å². The quantitative estimate of drug-likeness (QED) is 0.576. The van der Waals surface area contributed by atoms with Gasteiger partial charge in [0.25, 0.3) is 0 Å². The van der Waals surface area contributed by atoms with Gasteiger partial charge in [-0.1, -0.05) is 29.8 Å². The van der Waals surface area contributed by atoms with E-state index in [1.165, 1.54) is 21.6 Å². The van der Waals surface area contributed by atoms with Gasteiger partial charge in [-0.15, -0.1) is 11.8 Å². The number of halogens is 1. The standard InChI is InChI=1S/C19H21ClN2OS/c20-17-5-7-18(8-6-17)24-9-1-2-19(23)22-11-14-3-4-15-12-21-13-16(15)10-14/h3-8,10,21H,1-2,9,11-13H2,(H,22,23). The molecule has 0 saturated carbocycles. The highest BCUT2D eigenvalue weighted by molar-refractivity contribution is 7.99. The number of rotatable bonds is 7. The smallest absolute Gasteiger partial charge is 0.220 e. The summed E-state index contributed by atoms with van der Waals surface area (Å²) >= 11 is 7.62. The zero-order chi connectivity index (χ0) is 16.8. The lowest BCUT2D eigenvalue weighted by molar-refractivity contribution is -0.121. The molecular weight excluding hydrogens is 340 g/mol. The topological polar surface area (TPSA) is 41.1 Å². The Morgan fingerprint density at radius 3 is 2.75 bits per heavy atom. The Morgan fingerprint density at radius 2 is 1.92 bits per heavy atom. The minimum Gasteiger partial charge on any atom is -0.352 e. The van der Waals surface area contributed by atoms with Gasteiger partial charge in [-0.05, 0) is 53.1 Å². The van der Waals surface area contributed by atoms with E-state index in [0.717, 1.165) is 30.3 Å². The number of hydrogen-bond acceptors (Lipinski definition) is 3. The summed E-state index contributed by atoms with van der Waals surface area (Å²) in [6.07, 6.45) is 1.43. The molecule has 1 amide bonds. The van der Waals surface area contributed by atoms with Crippen LogP contribution in [-0.4, -0.2) is 11.7 Å². The van der Waals surface area contributed by atoms with Crippen molar-refractivity contribution in [1.29, 1.82) is 0 Å². The summed E-state index contributed by atoms with van der Waals surface area (Å²) in [5.41, 5.74) is 3.88. The maximum Gasteiger partial charge on any atom is 0.220 e. The Labute approximate surface area is 152 Å². The lowest BCUT2D eigenvalue weighted by atomic mass is 10.1. The molecule has 0 fully saturated rings. The normalized spacial score (nSPS) is 12.9. The molecule has 0 radical (unpaired) electrons. The SMILES string of the molecule is O=C(CCCSc1ccc(Cl)cc1)NCc1ccc2c(c1)CNC2. The first-order chi connectivity index (χ1) is 11.7. The summed E-state index contributed by atoms with van der Waals surface area (Å²) in [6, 6.07) is 14.2. The van der Waals surface area contributed by atoms with Gasteiger partial charge in [0, 0.05) is 36.0 Å². The van der Waals surface area contributed by atoms with Gasteiger partial charge in [0.15, 0.2) is 0 Å². The van der Waals surface area contributed by atoms with Crippen LogP contribution in [0.25, 0.3) is 0 Å². The number of carbonyl (C=O) groups excluding carboxylic acids is 1. The Hall–Kier alpha value is -1.49. The lowest BCUT2D eigenvalue weighted by Gasteiger charge is -2.07. The Balaban J connectivity index is 1.34. The monoisotopic (exact) mass is 360 g/mol. The number of hydrogen-bond donors (Lipinski definition) is 2. The summed E-state index contributed by atoms with van der Waals surface area (Å²) in [5.74, 6) is 1.05. The molecule has 0 bridgehead atoms. The van der Waals surface area contributed by atoms with Crippen molar-refractivity contribution < 1.29 is 4.79 Å². The van der Waals surface area contributed by atoms with E-state index in [4.69, 9.17) is 11.6 Å². The van der Waals surface area contributed by atoms with Gasteiger partial charge in [0.1, 0.15) is 0 Å². The second-order valence-electron chi connectivity index (χ2n) is 5.89. The summed E-state index contributed by atoms with van der Waals surface area (Å²) in [6.45, 7) is 2.49. The van der Waals surface area contributed by atoms with Crippen LogP contribution in [0.4, 0.5) is 0 Å². The summed E-state index contributed by atoms with van der Waals surface area (Å²) in [5, 5.41) is 7.09. The van der Waals surface area contributed by atoms with Gasteiger partial charge in [0.05, 0.1) is 0 Å². The van der Waals surface area contributed by atoms with Crippen molar-refractivity contribution in [2.45, 2.75) is 37.4 Å². The first kappa shape index (κ1) is 17.3. The average Bonchev–Trinajstić information content (AvgIpc) is 3.06. The molecule has 126 valence electrons. The van der Waals surface area contributed by atoms with Crippen LogP contribution in [0, 0.1) is 0 Å². The summed E-state index contributed by atoms with van der Waals surface area (Å²) < 4.78 is 0.